The van der Waals surface area contributed by atoms with Crippen LogP contribution in [0.15, 0.2) is 24.3 Å². The molecule has 1 aromatic carbocycles. The second kappa shape index (κ2) is 6.87. The van der Waals surface area contributed by atoms with Crippen LogP contribution in [0.25, 0.3) is 0 Å². The minimum atomic E-state index is -0.201. The van der Waals surface area contributed by atoms with Crippen molar-refractivity contribution in [1.82, 2.24) is 4.57 Å². The van der Waals surface area contributed by atoms with E-state index in [-0.39, 0.29) is 5.91 Å². The number of rotatable bonds is 5. The van der Waals surface area contributed by atoms with Gasteiger partial charge in [0.2, 0.25) is 0 Å². The lowest BCUT2D eigenvalue weighted by molar-refractivity contribution is 0.103. The van der Waals surface area contributed by atoms with Crippen LogP contribution < -0.4 is 11.1 Å². The van der Waals surface area contributed by atoms with E-state index in [9.17, 15) is 4.79 Å². The zero-order valence-corrected chi connectivity index (χ0v) is 13.8. The van der Waals surface area contributed by atoms with Crippen LogP contribution in [0.5, 0.6) is 0 Å². The molecule has 0 radical (unpaired) electrons. The van der Waals surface area contributed by atoms with Crippen LogP contribution in [0.1, 0.15) is 35.0 Å². The van der Waals surface area contributed by atoms with Gasteiger partial charge in [0.15, 0.2) is 3.95 Å². The van der Waals surface area contributed by atoms with Crippen molar-refractivity contribution in [3.63, 3.8) is 0 Å². The van der Waals surface area contributed by atoms with Gasteiger partial charge in [0.05, 0.1) is 0 Å². The normalized spacial score (nSPS) is 10.6. The summed E-state index contributed by atoms with van der Waals surface area (Å²) in [6.07, 6.45) is 2.05. The number of carbonyl (C=O) groups excluding carboxylic acids is 1. The maximum Gasteiger partial charge on any atom is 0.269 e. The Morgan fingerprint density at radius 2 is 2.14 bits per heavy atom. The van der Waals surface area contributed by atoms with Crippen LogP contribution >= 0.6 is 23.6 Å². The van der Waals surface area contributed by atoms with Gasteiger partial charge in [0.25, 0.3) is 5.91 Å². The molecule has 0 aliphatic heterocycles. The van der Waals surface area contributed by atoms with E-state index in [2.05, 4.69) is 12.2 Å². The predicted octanol–water partition coefficient (Wildman–Crippen LogP) is 4.22. The van der Waals surface area contributed by atoms with Gasteiger partial charge in [-0.05, 0) is 37.2 Å². The standard InChI is InChI=1S/C15H19N3OS2/c1-3-4-9-18-13(16)12(21-15(18)20)14(19)17-11-8-6-5-7-10(11)2/h5-8H,3-4,9,16H2,1-2H3,(H,17,19). The SMILES string of the molecule is CCCCn1c(N)c(C(=O)Nc2ccccc2C)sc1=S. The molecular formula is C15H19N3OS2. The molecule has 1 aromatic heterocycles. The highest BCUT2D eigenvalue weighted by molar-refractivity contribution is 7.73. The molecule has 21 heavy (non-hydrogen) atoms. The third-order valence-electron chi connectivity index (χ3n) is 3.27. The summed E-state index contributed by atoms with van der Waals surface area (Å²) in [5.74, 6) is 0.262. The van der Waals surface area contributed by atoms with Crippen LogP contribution in [-0.2, 0) is 6.54 Å². The molecule has 0 atom stereocenters. The van der Waals surface area contributed by atoms with Crippen molar-refractivity contribution in [3.8, 4) is 0 Å². The number of unbranched alkanes of at least 4 members (excludes halogenated alkanes) is 1. The Hall–Kier alpha value is -1.66. The Bertz CT molecular complexity index is 703. The van der Waals surface area contributed by atoms with Crippen molar-refractivity contribution in [2.24, 2.45) is 0 Å². The molecule has 0 saturated heterocycles. The summed E-state index contributed by atoms with van der Waals surface area (Å²) in [5.41, 5.74) is 7.89. The summed E-state index contributed by atoms with van der Waals surface area (Å²) < 4.78 is 2.49. The van der Waals surface area contributed by atoms with Gasteiger partial charge in [0.1, 0.15) is 10.7 Å². The zero-order valence-electron chi connectivity index (χ0n) is 12.2. The first-order valence-corrected chi connectivity index (χ1v) is 8.13. The molecule has 1 heterocycles. The second-order valence-corrected chi connectivity index (χ2v) is 6.50. The van der Waals surface area contributed by atoms with Crippen LogP contribution in [0.4, 0.5) is 11.5 Å². The van der Waals surface area contributed by atoms with E-state index in [1.807, 2.05) is 35.8 Å². The van der Waals surface area contributed by atoms with E-state index in [0.717, 1.165) is 30.6 Å². The van der Waals surface area contributed by atoms with Crippen molar-refractivity contribution in [2.75, 3.05) is 11.1 Å². The second-order valence-electron chi connectivity index (χ2n) is 4.86. The number of amides is 1. The van der Waals surface area contributed by atoms with Crippen molar-refractivity contribution < 1.29 is 4.79 Å². The molecule has 2 rings (SSSR count). The first-order valence-electron chi connectivity index (χ1n) is 6.90. The van der Waals surface area contributed by atoms with Gasteiger partial charge in [-0.25, -0.2) is 0 Å². The number of carbonyl (C=O) groups is 1. The Kier molecular flexibility index (Phi) is 5.14. The molecule has 0 spiro atoms. The molecule has 0 aliphatic rings. The van der Waals surface area contributed by atoms with E-state index in [0.29, 0.717) is 14.6 Å². The highest BCUT2D eigenvalue weighted by Crippen LogP contribution is 2.24. The Morgan fingerprint density at radius 3 is 2.81 bits per heavy atom. The van der Waals surface area contributed by atoms with Gasteiger partial charge >= 0.3 is 0 Å². The molecule has 2 aromatic rings. The molecule has 1 amide bonds. The summed E-state index contributed by atoms with van der Waals surface area (Å²) in [7, 11) is 0. The number of para-hydroxylation sites is 1. The molecule has 0 saturated carbocycles. The number of thiazole rings is 1. The summed E-state index contributed by atoms with van der Waals surface area (Å²) >= 11 is 6.57. The number of hydrogen-bond donors (Lipinski definition) is 2. The van der Waals surface area contributed by atoms with Gasteiger partial charge < -0.3 is 15.6 Å². The Balaban J connectivity index is 2.24. The minimum absolute atomic E-state index is 0.201. The van der Waals surface area contributed by atoms with Gasteiger partial charge in [0, 0.05) is 12.2 Å². The van der Waals surface area contributed by atoms with E-state index >= 15 is 0 Å². The third kappa shape index (κ3) is 3.51. The van der Waals surface area contributed by atoms with Gasteiger partial charge in [-0.15, -0.1) is 0 Å². The molecule has 0 bridgehead atoms. The highest BCUT2D eigenvalue weighted by Gasteiger charge is 2.17. The average Bonchev–Trinajstić information content (AvgIpc) is 2.74. The van der Waals surface area contributed by atoms with Crippen LogP contribution in [0.2, 0.25) is 0 Å². The van der Waals surface area contributed by atoms with E-state index in [4.69, 9.17) is 18.0 Å². The van der Waals surface area contributed by atoms with E-state index in [1.54, 1.807) is 0 Å². The zero-order chi connectivity index (χ0) is 15.4. The first-order chi connectivity index (χ1) is 10.0. The minimum Gasteiger partial charge on any atom is -0.384 e. The summed E-state index contributed by atoms with van der Waals surface area (Å²) in [4.78, 5) is 12.9. The number of aromatic nitrogens is 1. The molecule has 6 heteroatoms. The van der Waals surface area contributed by atoms with Crippen LogP contribution in [-0.4, -0.2) is 10.5 Å². The average molecular weight is 321 g/mol. The number of nitrogens with zero attached hydrogens (tertiary/aromatic N) is 1. The lowest BCUT2D eigenvalue weighted by Crippen LogP contribution is -2.14. The lowest BCUT2D eigenvalue weighted by atomic mass is 10.2. The number of benzene rings is 1. The number of nitrogens with two attached hydrogens (primary N) is 1. The van der Waals surface area contributed by atoms with Gasteiger partial charge in [-0.2, -0.15) is 0 Å². The number of nitrogens with one attached hydrogen (secondary N) is 1. The van der Waals surface area contributed by atoms with Crippen molar-refractivity contribution in [1.29, 1.82) is 0 Å². The first kappa shape index (κ1) is 15.7. The molecule has 4 nitrogen and oxygen atoms in total. The van der Waals surface area contributed by atoms with Gasteiger partial charge in [-0.1, -0.05) is 42.9 Å². The fraction of sp³-hybridized carbons (Fsp3) is 0.333. The maximum absolute atomic E-state index is 12.4. The Morgan fingerprint density at radius 1 is 1.43 bits per heavy atom. The largest absolute Gasteiger partial charge is 0.384 e. The summed E-state index contributed by atoms with van der Waals surface area (Å²) in [5, 5.41) is 2.90. The number of hydrogen-bond acceptors (Lipinski definition) is 4. The number of aryl methyl sites for hydroxylation is 1. The molecule has 0 fully saturated rings. The quantitative estimate of drug-likeness (QED) is 0.811. The summed E-state index contributed by atoms with van der Waals surface area (Å²) in [6, 6.07) is 7.65. The molecule has 0 aliphatic carbocycles. The number of nitrogen functional groups attached to an aromatic ring is 1. The van der Waals surface area contributed by atoms with E-state index in [1.165, 1.54) is 11.3 Å². The molecule has 0 unspecified atom stereocenters. The van der Waals surface area contributed by atoms with Gasteiger partial charge in [-0.3, -0.25) is 4.79 Å². The monoisotopic (exact) mass is 321 g/mol. The topological polar surface area (TPSA) is 60.0 Å². The summed E-state index contributed by atoms with van der Waals surface area (Å²) in [6.45, 7) is 4.82. The fourth-order valence-electron chi connectivity index (χ4n) is 2.00. The molecule has 3 N–H and O–H groups in total. The lowest BCUT2D eigenvalue weighted by Gasteiger charge is -2.08. The molecule has 112 valence electrons. The highest BCUT2D eigenvalue weighted by atomic mass is 32.1. The van der Waals surface area contributed by atoms with Crippen LogP contribution in [0.3, 0.4) is 0 Å². The van der Waals surface area contributed by atoms with Crippen molar-refractivity contribution in [2.45, 2.75) is 33.2 Å². The van der Waals surface area contributed by atoms with Crippen molar-refractivity contribution in [3.05, 3.63) is 38.7 Å². The van der Waals surface area contributed by atoms with Crippen LogP contribution in [0, 0.1) is 10.9 Å². The molecular weight excluding hydrogens is 302 g/mol. The third-order valence-corrected chi connectivity index (χ3v) is 4.73. The predicted molar refractivity (Wildman–Crippen MR) is 91.6 cm³/mol. The maximum atomic E-state index is 12.4. The smallest absolute Gasteiger partial charge is 0.269 e. The Labute approximate surface area is 133 Å². The van der Waals surface area contributed by atoms with E-state index < -0.39 is 0 Å². The fourth-order valence-corrected chi connectivity index (χ4v) is 3.27. The number of anilines is 2. The van der Waals surface area contributed by atoms with Crippen molar-refractivity contribution >= 4 is 41.0 Å².